The molecule has 5 nitrogen and oxygen atoms in total. The van der Waals surface area contributed by atoms with Crippen molar-refractivity contribution >= 4 is 12.1 Å². The number of carbonyl (C=O) groups excluding carboxylic acids is 1. The maximum atomic E-state index is 13.1. The van der Waals surface area contributed by atoms with E-state index in [-0.39, 0.29) is 30.2 Å². The van der Waals surface area contributed by atoms with Crippen LogP contribution in [0.2, 0.25) is 0 Å². The van der Waals surface area contributed by atoms with Crippen molar-refractivity contribution in [2.75, 3.05) is 13.1 Å². The summed E-state index contributed by atoms with van der Waals surface area (Å²) < 4.78 is 18.5. The standard InChI is InChI=1S/C18H24FNO4/c1-18(2,3)24-17(23)20-9-8-13(11-20)15(10-16(21)22)12-4-6-14(19)7-5-12/h4-7,13,15H,8-11H2,1-3H3,(H,21,22). The van der Waals surface area contributed by atoms with Gasteiger partial charge in [-0.05, 0) is 56.7 Å². The van der Waals surface area contributed by atoms with Gasteiger partial charge in [0.1, 0.15) is 11.4 Å². The number of hydrogen-bond donors (Lipinski definition) is 1. The molecule has 1 aromatic carbocycles. The summed E-state index contributed by atoms with van der Waals surface area (Å²) in [6, 6.07) is 5.92. The van der Waals surface area contributed by atoms with Gasteiger partial charge >= 0.3 is 12.1 Å². The minimum absolute atomic E-state index is 0.0130. The molecule has 24 heavy (non-hydrogen) atoms. The number of aliphatic carboxylic acids is 1. The summed E-state index contributed by atoms with van der Waals surface area (Å²) in [6.07, 6.45) is 0.283. The lowest BCUT2D eigenvalue weighted by atomic mass is 9.83. The third kappa shape index (κ3) is 4.94. The van der Waals surface area contributed by atoms with Crippen molar-refractivity contribution in [3.63, 3.8) is 0 Å². The highest BCUT2D eigenvalue weighted by atomic mass is 19.1. The second-order valence-electron chi connectivity index (χ2n) is 7.23. The number of carboxylic acids is 1. The van der Waals surface area contributed by atoms with Crippen LogP contribution >= 0.6 is 0 Å². The Morgan fingerprint density at radius 1 is 1.33 bits per heavy atom. The topological polar surface area (TPSA) is 66.8 Å². The van der Waals surface area contributed by atoms with Crippen LogP contribution in [0.4, 0.5) is 9.18 Å². The zero-order chi connectivity index (χ0) is 17.9. The number of likely N-dealkylation sites (tertiary alicyclic amines) is 1. The molecule has 1 aliphatic heterocycles. The monoisotopic (exact) mass is 337 g/mol. The van der Waals surface area contributed by atoms with E-state index in [9.17, 15) is 19.1 Å². The summed E-state index contributed by atoms with van der Waals surface area (Å²) in [5.41, 5.74) is 0.224. The van der Waals surface area contributed by atoms with E-state index in [1.54, 1.807) is 17.0 Å². The summed E-state index contributed by atoms with van der Waals surface area (Å²) in [5.74, 6) is -1.50. The van der Waals surface area contributed by atoms with Crippen molar-refractivity contribution in [1.29, 1.82) is 0 Å². The van der Waals surface area contributed by atoms with Gasteiger partial charge in [0.15, 0.2) is 0 Å². The van der Waals surface area contributed by atoms with Crippen LogP contribution in [0.1, 0.15) is 45.1 Å². The molecule has 0 aliphatic carbocycles. The average Bonchev–Trinajstić information content (AvgIpc) is 2.93. The van der Waals surface area contributed by atoms with Gasteiger partial charge in [0.05, 0.1) is 6.42 Å². The average molecular weight is 337 g/mol. The first-order valence-electron chi connectivity index (χ1n) is 8.11. The molecule has 2 unspecified atom stereocenters. The molecule has 0 saturated carbocycles. The zero-order valence-electron chi connectivity index (χ0n) is 14.3. The van der Waals surface area contributed by atoms with Crippen LogP contribution in [0.5, 0.6) is 0 Å². The van der Waals surface area contributed by atoms with Gasteiger partial charge in [-0.1, -0.05) is 12.1 Å². The van der Waals surface area contributed by atoms with Crippen LogP contribution in [0, 0.1) is 11.7 Å². The summed E-state index contributed by atoms with van der Waals surface area (Å²) in [5, 5.41) is 9.21. The van der Waals surface area contributed by atoms with Gasteiger partial charge < -0.3 is 14.7 Å². The van der Waals surface area contributed by atoms with Crippen LogP contribution in [-0.2, 0) is 9.53 Å². The van der Waals surface area contributed by atoms with Crippen molar-refractivity contribution in [3.05, 3.63) is 35.6 Å². The number of halogens is 1. The van der Waals surface area contributed by atoms with Crippen molar-refractivity contribution in [3.8, 4) is 0 Å². The molecule has 2 rings (SSSR count). The first-order chi connectivity index (χ1) is 11.2. The number of ether oxygens (including phenoxy) is 1. The molecule has 1 aliphatic rings. The Hall–Kier alpha value is -2.11. The highest BCUT2D eigenvalue weighted by Gasteiger charge is 2.35. The van der Waals surface area contributed by atoms with Gasteiger partial charge in [-0.15, -0.1) is 0 Å². The second-order valence-corrected chi connectivity index (χ2v) is 7.23. The normalized spacial score (nSPS) is 19.2. The Bertz CT molecular complexity index is 594. The number of amides is 1. The van der Waals surface area contributed by atoms with Crippen molar-refractivity contribution in [1.82, 2.24) is 4.90 Å². The van der Waals surface area contributed by atoms with E-state index in [0.717, 1.165) is 5.56 Å². The van der Waals surface area contributed by atoms with Crippen LogP contribution in [0.15, 0.2) is 24.3 Å². The lowest BCUT2D eigenvalue weighted by Gasteiger charge is -2.26. The minimum atomic E-state index is -0.903. The Kier molecular flexibility index (Phi) is 5.47. The Morgan fingerprint density at radius 3 is 2.50 bits per heavy atom. The fraction of sp³-hybridized carbons (Fsp3) is 0.556. The van der Waals surface area contributed by atoms with Gasteiger partial charge in [-0.3, -0.25) is 4.79 Å². The van der Waals surface area contributed by atoms with E-state index in [1.807, 2.05) is 20.8 Å². The van der Waals surface area contributed by atoms with Crippen LogP contribution < -0.4 is 0 Å². The van der Waals surface area contributed by atoms with E-state index in [2.05, 4.69) is 0 Å². The number of hydrogen-bond acceptors (Lipinski definition) is 3. The van der Waals surface area contributed by atoms with Gasteiger partial charge in [0.25, 0.3) is 0 Å². The molecule has 6 heteroatoms. The molecule has 0 radical (unpaired) electrons. The summed E-state index contributed by atoms with van der Waals surface area (Å²) in [6.45, 7) is 6.42. The molecule has 2 atom stereocenters. The molecule has 1 fully saturated rings. The number of carboxylic acid groups (broad SMARTS) is 1. The number of nitrogens with zero attached hydrogens (tertiary/aromatic N) is 1. The van der Waals surface area contributed by atoms with Crippen molar-refractivity contribution in [2.24, 2.45) is 5.92 Å². The molecule has 1 saturated heterocycles. The summed E-state index contributed by atoms with van der Waals surface area (Å²) in [4.78, 5) is 25.0. The highest BCUT2D eigenvalue weighted by Crippen LogP contribution is 2.35. The minimum Gasteiger partial charge on any atom is -0.481 e. The van der Waals surface area contributed by atoms with E-state index in [0.29, 0.717) is 19.5 Å². The molecule has 1 aromatic rings. The number of rotatable bonds is 4. The molecule has 0 bridgehead atoms. The van der Waals surface area contributed by atoms with Gasteiger partial charge in [-0.25, -0.2) is 9.18 Å². The van der Waals surface area contributed by atoms with E-state index in [4.69, 9.17) is 4.74 Å². The van der Waals surface area contributed by atoms with Crippen LogP contribution in [-0.4, -0.2) is 40.8 Å². The Morgan fingerprint density at radius 2 is 1.96 bits per heavy atom. The first-order valence-corrected chi connectivity index (χ1v) is 8.11. The molecule has 1 heterocycles. The summed E-state index contributed by atoms with van der Waals surface area (Å²) in [7, 11) is 0. The Labute approximate surface area is 141 Å². The van der Waals surface area contributed by atoms with Crippen LogP contribution in [0.25, 0.3) is 0 Å². The number of carbonyl (C=O) groups is 2. The molecular formula is C18H24FNO4. The largest absolute Gasteiger partial charge is 0.481 e. The maximum Gasteiger partial charge on any atom is 0.410 e. The first kappa shape index (κ1) is 18.2. The summed E-state index contributed by atoms with van der Waals surface area (Å²) >= 11 is 0. The lowest BCUT2D eigenvalue weighted by Crippen LogP contribution is -2.35. The van der Waals surface area contributed by atoms with Crippen molar-refractivity contribution < 1.29 is 23.8 Å². The second kappa shape index (κ2) is 7.20. The molecule has 132 valence electrons. The van der Waals surface area contributed by atoms with E-state index < -0.39 is 11.6 Å². The molecule has 1 N–H and O–H groups in total. The smallest absolute Gasteiger partial charge is 0.410 e. The third-order valence-electron chi connectivity index (χ3n) is 4.14. The zero-order valence-corrected chi connectivity index (χ0v) is 14.3. The molecule has 0 aromatic heterocycles. The molecule has 1 amide bonds. The van der Waals surface area contributed by atoms with E-state index >= 15 is 0 Å². The predicted octanol–water partition coefficient (Wildman–Crippen LogP) is 3.64. The molecular weight excluding hydrogens is 313 g/mol. The number of benzene rings is 1. The predicted molar refractivity (Wildman–Crippen MR) is 87.3 cm³/mol. The third-order valence-corrected chi connectivity index (χ3v) is 4.14. The SMILES string of the molecule is CC(C)(C)OC(=O)N1CCC(C(CC(=O)O)c2ccc(F)cc2)C1. The quantitative estimate of drug-likeness (QED) is 0.911. The van der Waals surface area contributed by atoms with E-state index in [1.165, 1.54) is 12.1 Å². The maximum absolute atomic E-state index is 13.1. The van der Waals surface area contributed by atoms with Gasteiger partial charge in [0, 0.05) is 13.1 Å². The van der Waals surface area contributed by atoms with Crippen LogP contribution in [0.3, 0.4) is 0 Å². The highest BCUT2D eigenvalue weighted by molar-refractivity contribution is 5.69. The van der Waals surface area contributed by atoms with Gasteiger partial charge in [0.2, 0.25) is 0 Å². The molecule has 0 spiro atoms. The van der Waals surface area contributed by atoms with Gasteiger partial charge in [-0.2, -0.15) is 0 Å². The fourth-order valence-corrected chi connectivity index (χ4v) is 3.06. The Balaban J connectivity index is 2.10. The fourth-order valence-electron chi connectivity index (χ4n) is 3.06. The lowest BCUT2D eigenvalue weighted by molar-refractivity contribution is -0.137. The van der Waals surface area contributed by atoms with Crippen molar-refractivity contribution in [2.45, 2.75) is 45.1 Å².